The molecule has 0 amide bonds. The number of hydrogen-bond acceptors (Lipinski definition) is 2. The van der Waals surface area contributed by atoms with Crippen molar-refractivity contribution in [3.63, 3.8) is 0 Å². The van der Waals surface area contributed by atoms with Crippen LogP contribution < -0.4 is 5.73 Å². The molecule has 0 spiro atoms. The number of rotatable bonds is 6. The summed E-state index contributed by atoms with van der Waals surface area (Å²) in [5, 5.41) is 4.49. The van der Waals surface area contributed by atoms with E-state index in [1.165, 1.54) is 50.5 Å². The molecule has 2 rings (SSSR count). The monoisotopic (exact) mass is 265 g/mol. The van der Waals surface area contributed by atoms with Crippen LogP contribution in [0.2, 0.25) is 0 Å². The Morgan fingerprint density at radius 2 is 2.17 bits per heavy atom. The van der Waals surface area contributed by atoms with Gasteiger partial charge in [-0.1, -0.05) is 26.2 Å². The van der Waals surface area contributed by atoms with E-state index in [9.17, 15) is 0 Å². The minimum Gasteiger partial charge on any atom is -0.330 e. The first-order chi connectivity index (χ1) is 8.83. The smallest absolute Gasteiger partial charge is 0.00462 e. The first-order valence-electron chi connectivity index (χ1n) is 7.54. The Labute approximate surface area is 116 Å². The zero-order valence-electron chi connectivity index (χ0n) is 11.6. The molecule has 0 radical (unpaired) electrons. The molecule has 3 atom stereocenters. The van der Waals surface area contributed by atoms with Crippen molar-refractivity contribution in [3.8, 4) is 0 Å². The summed E-state index contributed by atoms with van der Waals surface area (Å²) in [4.78, 5) is 0. The van der Waals surface area contributed by atoms with E-state index in [-0.39, 0.29) is 0 Å². The largest absolute Gasteiger partial charge is 0.330 e. The van der Waals surface area contributed by atoms with Gasteiger partial charge in [0.05, 0.1) is 0 Å². The minimum absolute atomic E-state index is 0.789. The van der Waals surface area contributed by atoms with E-state index >= 15 is 0 Å². The molecule has 1 aromatic heterocycles. The fourth-order valence-electron chi connectivity index (χ4n) is 3.55. The fraction of sp³-hybridized carbons (Fsp3) is 0.750. The maximum Gasteiger partial charge on any atom is -0.00462 e. The number of nitrogens with two attached hydrogens (primary N) is 1. The summed E-state index contributed by atoms with van der Waals surface area (Å²) in [6, 6.07) is 2.27. The molecule has 102 valence electrons. The Bertz CT molecular complexity index is 320. The SMILES string of the molecule is CCCC1CCC(CN)C(CCc2ccsc2)C1. The van der Waals surface area contributed by atoms with E-state index < -0.39 is 0 Å². The molecule has 1 aliphatic rings. The maximum absolute atomic E-state index is 5.96. The van der Waals surface area contributed by atoms with Gasteiger partial charge >= 0.3 is 0 Å². The summed E-state index contributed by atoms with van der Waals surface area (Å²) in [6.45, 7) is 3.21. The van der Waals surface area contributed by atoms with Gasteiger partial charge in [0.1, 0.15) is 0 Å². The van der Waals surface area contributed by atoms with E-state index in [4.69, 9.17) is 5.73 Å². The van der Waals surface area contributed by atoms with Gasteiger partial charge in [0.25, 0.3) is 0 Å². The third kappa shape index (κ3) is 3.83. The molecule has 0 saturated heterocycles. The van der Waals surface area contributed by atoms with Crippen LogP contribution in [0.1, 0.15) is 51.0 Å². The van der Waals surface area contributed by atoms with Crippen molar-refractivity contribution in [3.05, 3.63) is 22.4 Å². The second-order valence-electron chi connectivity index (χ2n) is 5.89. The number of hydrogen-bond donors (Lipinski definition) is 1. The molecule has 1 fully saturated rings. The molecule has 0 aromatic carbocycles. The molecule has 18 heavy (non-hydrogen) atoms. The number of thiophene rings is 1. The molecule has 1 heterocycles. The van der Waals surface area contributed by atoms with Gasteiger partial charge in [-0.05, 0) is 72.4 Å². The number of aryl methyl sites for hydroxylation is 1. The van der Waals surface area contributed by atoms with Crippen LogP contribution in [0.15, 0.2) is 16.8 Å². The summed E-state index contributed by atoms with van der Waals surface area (Å²) in [7, 11) is 0. The van der Waals surface area contributed by atoms with E-state index in [1.54, 1.807) is 0 Å². The van der Waals surface area contributed by atoms with Gasteiger partial charge in [0.2, 0.25) is 0 Å². The van der Waals surface area contributed by atoms with Crippen LogP contribution >= 0.6 is 11.3 Å². The summed E-state index contributed by atoms with van der Waals surface area (Å²) in [5.74, 6) is 2.64. The van der Waals surface area contributed by atoms with Gasteiger partial charge < -0.3 is 5.73 Å². The minimum atomic E-state index is 0.789. The van der Waals surface area contributed by atoms with Gasteiger partial charge in [-0.3, -0.25) is 0 Å². The zero-order valence-corrected chi connectivity index (χ0v) is 12.4. The van der Waals surface area contributed by atoms with Crippen LogP contribution in [0.25, 0.3) is 0 Å². The van der Waals surface area contributed by atoms with Crippen molar-refractivity contribution in [2.75, 3.05) is 6.54 Å². The first-order valence-corrected chi connectivity index (χ1v) is 8.48. The predicted molar refractivity (Wildman–Crippen MR) is 80.9 cm³/mol. The predicted octanol–water partition coefficient (Wildman–Crippen LogP) is 4.47. The maximum atomic E-state index is 5.96. The Hall–Kier alpha value is -0.340. The van der Waals surface area contributed by atoms with Crippen molar-refractivity contribution < 1.29 is 0 Å². The molecule has 2 N–H and O–H groups in total. The molecule has 2 heteroatoms. The summed E-state index contributed by atoms with van der Waals surface area (Å²) < 4.78 is 0. The second kappa shape index (κ2) is 7.30. The van der Waals surface area contributed by atoms with Crippen LogP contribution in [0.3, 0.4) is 0 Å². The van der Waals surface area contributed by atoms with Crippen molar-refractivity contribution in [2.45, 2.75) is 51.9 Å². The quantitative estimate of drug-likeness (QED) is 0.806. The Morgan fingerprint density at radius 1 is 1.28 bits per heavy atom. The Balaban J connectivity index is 1.85. The highest BCUT2D eigenvalue weighted by Gasteiger charge is 2.28. The van der Waals surface area contributed by atoms with E-state index in [0.717, 1.165) is 24.3 Å². The van der Waals surface area contributed by atoms with Crippen molar-refractivity contribution >= 4 is 11.3 Å². The molecule has 1 nitrogen and oxygen atoms in total. The third-order valence-electron chi connectivity index (χ3n) is 4.63. The van der Waals surface area contributed by atoms with Crippen molar-refractivity contribution in [1.82, 2.24) is 0 Å². The van der Waals surface area contributed by atoms with Gasteiger partial charge in [0, 0.05) is 0 Å². The van der Waals surface area contributed by atoms with E-state index in [2.05, 4.69) is 23.8 Å². The lowest BCUT2D eigenvalue weighted by molar-refractivity contribution is 0.167. The standard InChI is InChI=1S/C16H27NS/c1-2-3-13-4-7-16(11-17)15(10-13)6-5-14-8-9-18-12-14/h8-9,12-13,15-16H,2-7,10-11,17H2,1H3. The second-order valence-corrected chi connectivity index (χ2v) is 6.67. The lowest BCUT2D eigenvalue weighted by Crippen LogP contribution is -2.30. The molecule has 0 aliphatic heterocycles. The summed E-state index contributed by atoms with van der Waals surface area (Å²) in [6.07, 6.45) is 9.59. The van der Waals surface area contributed by atoms with Gasteiger partial charge in [-0.15, -0.1) is 0 Å². The van der Waals surface area contributed by atoms with Gasteiger partial charge in [-0.25, -0.2) is 0 Å². The summed E-state index contributed by atoms with van der Waals surface area (Å²) in [5.41, 5.74) is 7.49. The molecule has 3 unspecified atom stereocenters. The van der Waals surface area contributed by atoms with Crippen LogP contribution in [0.5, 0.6) is 0 Å². The van der Waals surface area contributed by atoms with Crippen LogP contribution in [0, 0.1) is 17.8 Å². The Morgan fingerprint density at radius 3 is 2.83 bits per heavy atom. The van der Waals surface area contributed by atoms with Gasteiger partial charge in [-0.2, -0.15) is 11.3 Å². The van der Waals surface area contributed by atoms with Gasteiger partial charge in [0.15, 0.2) is 0 Å². The molecule has 1 aliphatic carbocycles. The molecular formula is C16H27NS. The topological polar surface area (TPSA) is 26.0 Å². The lowest BCUT2D eigenvalue weighted by atomic mass is 9.71. The highest BCUT2D eigenvalue weighted by Crippen LogP contribution is 2.38. The zero-order chi connectivity index (χ0) is 12.8. The normalized spacial score (nSPS) is 28.4. The van der Waals surface area contributed by atoms with E-state index in [0.29, 0.717) is 0 Å². The van der Waals surface area contributed by atoms with Crippen LogP contribution in [-0.2, 0) is 6.42 Å². The molecule has 1 aromatic rings. The Kier molecular flexibility index (Phi) is 5.71. The van der Waals surface area contributed by atoms with Crippen molar-refractivity contribution in [2.24, 2.45) is 23.5 Å². The average molecular weight is 265 g/mol. The lowest BCUT2D eigenvalue weighted by Gasteiger charge is -2.35. The van der Waals surface area contributed by atoms with Crippen LogP contribution in [0.4, 0.5) is 0 Å². The van der Waals surface area contributed by atoms with Crippen LogP contribution in [-0.4, -0.2) is 6.54 Å². The highest BCUT2D eigenvalue weighted by molar-refractivity contribution is 7.07. The first kappa shape index (κ1) is 14.1. The summed E-state index contributed by atoms with van der Waals surface area (Å²) >= 11 is 1.82. The fourth-order valence-corrected chi connectivity index (χ4v) is 4.25. The molecule has 0 bridgehead atoms. The molecule has 1 saturated carbocycles. The van der Waals surface area contributed by atoms with E-state index in [1.807, 2.05) is 11.3 Å². The average Bonchev–Trinajstić information content (AvgIpc) is 2.90. The highest BCUT2D eigenvalue weighted by atomic mass is 32.1. The molecular weight excluding hydrogens is 238 g/mol. The van der Waals surface area contributed by atoms with Crippen molar-refractivity contribution in [1.29, 1.82) is 0 Å². The third-order valence-corrected chi connectivity index (χ3v) is 5.36.